The summed E-state index contributed by atoms with van der Waals surface area (Å²) in [5, 5.41) is 5.15. The van der Waals surface area contributed by atoms with E-state index in [0.29, 0.717) is 4.48 Å². The summed E-state index contributed by atoms with van der Waals surface area (Å²) in [4.78, 5) is -0.0666. The largest absolute Gasteiger partial charge is 0.294 e. The van der Waals surface area contributed by atoms with Crippen molar-refractivity contribution in [2.24, 2.45) is 0 Å². The molecule has 3 aliphatic rings. The molecule has 8 aromatic carbocycles. The number of allylic oxidation sites excluding steroid dienone is 8. The zero-order valence-electron chi connectivity index (χ0n) is 39.3. The fourth-order valence-corrected chi connectivity index (χ4v) is 11.1. The predicted molar refractivity (Wildman–Crippen MR) is 285 cm³/mol. The summed E-state index contributed by atoms with van der Waals surface area (Å²) in [5.41, 5.74) is 18.4. The summed E-state index contributed by atoms with van der Waals surface area (Å²) < 4.78 is 31.0. The average molecular weight is 909 g/mol. The van der Waals surface area contributed by atoms with E-state index >= 15 is 0 Å². The van der Waals surface area contributed by atoms with Crippen LogP contribution in [0.3, 0.4) is 0 Å². The minimum absolute atomic E-state index is 0.0666. The second-order valence-corrected chi connectivity index (χ2v) is 20.4. The van der Waals surface area contributed by atoms with E-state index in [4.69, 9.17) is 4.55 Å². The molecule has 5 nitrogen and oxygen atoms in total. The topological polar surface area (TPSA) is 54.4 Å². The van der Waals surface area contributed by atoms with Crippen molar-refractivity contribution in [1.82, 2.24) is 8.97 Å². The summed E-state index contributed by atoms with van der Waals surface area (Å²) in [6.45, 7) is 1.84. The molecule has 0 aromatic heterocycles. The Labute approximate surface area is 401 Å². The van der Waals surface area contributed by atoms with Gasteiger partial charge in [0.1, 0.15) is 22.8 Å². The molecule has 1 unspecified atom stereocenters. The SMILES string of the molecule is C[N+]1(C)C(C=CC2=C(c3ccccc3)C(=CC=C3C(c4ccccc4)c4cc5ccccc5cc4[N+]3(C)C)CC2)=C(c2ccccc2)c2cc3ccccc3cc21.Cc1ccc(S(=O)(=O)O)cc1. The molecule has 68 heavy (non-hydrogen) atoms. The highest BCUT2D eigenvalue weighted by Gasteiger charge is 2.45. The Morgan fingerprint density at radius 2 is 1.04 bits per heavy atom. The third kappa shape index (κ3) is 8.31. The first-order valence-corrected chi connectivity index (χ1v) is 24.8. The lowest BCUT2D eigenvalue weighted by atomic mass is 9.89. The molecule has 0 amide bonds. The highest BCUT2D eigenvalue weighted by Crippen LogP contribution is 2.52. The van der Waals surface area contributed by atoms with Crippen LogP contribution in [0.5, 0.6) is 0 Å². The Hall–Kier alpha value is -7.19. The Bertz CT molecular complexity index is 3510. The van der Waals surface area contributed by atoms with Crippen molar-refractivity contribution in [3.8, 4) is 0 Å². The highest BCUT2D eigenvalue weighted by atomic mass is 32.2. The Morgan fingerprint density at radius 1 is 0.529 bits per heavy atom. The van der Waals surface area contributed by atoms with Gasteiger partial charge in [0.25, 0.3) is 10.1 Å². The number of quaternary nitrogens is 2. The molecule has 8 aromatic rings. The van der Waals surface area contributed by atoms with Crippen LogP contribution in [0, 0.1) is 6.92 Å². The molecular weight excluding hydrogens is 853 g/mol. The first kappa shape index (κ1) is 44.6. The lowest BCUT2D eigenvalue weighted by Gasteiger charge is -2.27. The van der Waals surface area contributed by atoms with Crippen molar-refractivity contribution in [2.45, 2.75) is 30.6 Å². The van der Waals surface area contributed by atoms with Gasteiger partial charge in [-0.05, 0) is 105 Å². The summed E-state index contributed by atoms with van der Waals surface area (Å²) >= 11 is 0. The maximum Gasteiger partial charge on any atom is 0.294 e. The van der Waals surface area contributed by atoms with Gasteiger partial charge in [-0.1, -0.05) is 169 Å². The van der Waals surface area contributed by atoms with Crippen molar-refractivity contribution in [2.75, 3.05) is 28.2 Å². The molecule has 1 atom stereocenters. The lowest BCUT2D eigenvalue weighted by molar-refractivity contribution is 0.483. The second kappa shape index (κ2) is 17.8. The third-order valence-corrected chi connectivity index (χ3v) is 15.0. The molecule has 0 bridgehead atoms. The third-order valence-electron chi connectivity index (χ3n) is 14.1. The van der Waals surface area contributed by atoms with Gasteiger partial charge in [0.05, 0.1) is 50.1 Å². The smallest absolute Gasteiger partial charge is 0.282 e. The molecule has 0 radical (unpaired) electrons. The first-order chi connectivity index (χ1) is 32.8. The van der Waals surface area contributed by atoms with E-state index in [1.165, 1.54) is 107 Å². The predicted octanol–water partition coefficient (Wildman–Crippen LogP) is 14.6. The molecule has 6 heteroatoms. The van der Waals surface area contributed by atoms with Crippen molar-refractivity contribution < 1.29 is 13.0 Å². The van der Waals surface area contributed by atoms with Gasteiger partial charge < -0.3 is 0 Å². The zero-order valence-corrected chi connectivity index (χ0v) is 40.1. The Balaban J connectivity index is 0.000000434. The monoisotopic (exact) mass is 908 g/mol. The Kier molecular flexibility index (Phi) is 11.7. The number of hydrogen-bond donors (Lipinski definition) is 1. The van der Waals surface area contributed by atoms with Crippen LogP contribution in [0.4, 0.5) is 11.4 Å². The van der Waals surface area contributed by atoms with Crippen LogP contribution in [0.25, 0.3) is 32.7 Å². The van der Waals surface area contributed by atoms with Gasteiger partial charge in [0.2, 0.25) is 0 Å². The number of hydrogen-bond acceptors (Lipinski definition) is 2. The fourth-order valence-electron chi connectivity index (χ4n) is 10.6. The van der Waals surface area contributed by atoms with Gasteiger partial charge in [0.15, 0.2) is 0 Å². The number of rotatable bonds is 7. The summed E-state index contributed by atoms with van der Waals surface area (Å²) in [6, 6.07) is 66.3. The molecular formula is C62H56N2O3S+2. The quantitative estimate of drug-likeness (QED) is 0.128. The molecule has 1 aliphatic carbocycles. The molecule has 1 N–H and O–H groups in total. The molecule has 2 heterocycles. The number of likely N-dealkylation sites (N-methyl/N-ethyl adjacent to an activating group) is 2. The van der Waals surface area contributed by atoms with E-state index in [9.17, 15) is 8.42 Å². The van der Waals surface area contributed by atoms with Gasteiger partial charge in [-0.25, -0.2) is 0 Å². The molecule has 0 fully saturated rings. The standard InChI is InChI=1S/C55H48N2.C7H8O3S/c1-56(2)49(54(39-20-10-6-11-21-39)47-34-43-24-14-16-26-45(43)36-51(47)56)32-30-41-28-29-42(53(41)38-18-8-5-9-19-38)31-33-50-55(40-22-12-7-13-23-40)48-35-44-25-15-17-27-46(44)37-52(48)57(50,3)4;1-6-2-4-7(5-3-6)11(8,9)10/h5-27,30-37,54H,28-29H2,1-4H3;2-5H,1H3,(H,8,9,10)/q+2;. The van der Waals surface area contributed by atoms with Crippen molar-refractivity contribution >= 4 is 54.2 Å². The first-order valence-electron chi connectivity index (χ1n) is 23.3. The maximum absolute atomic E-state index is 10.5. The van der Waals surface area contributed by atoms with Gasteiger partial charge in [0, 0.05) is 23.8 Å². The maximum atomic E-state index is 10.5. The van der Waals surface area contributed by atoms with Crippen molar-refractivity contribution in [3.05, 3.63) is 268 Å². The molecule has 336 valence electrons. The molecule has 0 saturated carbocycles. The average Bonchev–Trinajstić information content (AvgIpc) is 3.92. The van der Waals surface area contributed by atoms with Crippen LogP contribution in [0.1, 0.15) is 52.1 Å². The van der Waals surface area contributed by atoms with E-state index in [1.54, 1.807) is 12.1 Å². The fraction of sp³-hybridized carbons (Fsp3) is 0.129. The van der Waals surface area contributed by atoms with Crippen LogP contribution in [-0.4, -0.2) is 41.2 Å². The van der Waals surface area contributed by atoms with Crippen LogP contribution in [0.15, 0.2) is 240 Å². The number of fused-ring (bicyclic) bond motifs is 4. The van der Waals surface area contributed by atoms with E-state index in [0.717, 1.165) is 22.9 Å². The zero-order chi connectivity index (χ0) is 47.2. The molecule has 2 aliphatic heterocycles. The van der Waals surface area contributed by atoms with Crippen LogP contribution in [-0.2, 0) is 10.1 Å². The normalized spacial score (nSPS) is 18.4. The number of benzene rings is 8. The number of aryl methyl sites for hydroxylation is 1. The van der Waals surface area contributed by atoms with Crippen LogP contribution >= 0.6 is 0 Å². The summed E-state index contributed by atoms with van der Waals surface area (Å²) in [7, 11) is 5.38. The van der Waals surface area contributed by atoms with Crippen LogP contribution < -0.4 is 8.97 Å². The lowest BCUT2D eigenvalue weighted by Crippen LogP contribution is -2.37. The van der Waals surface area contributed by atoms with Gasteiger partial charge in [-0.2, -0.15) is 8.42 Å². The minimum atomic E-state index is -4.02. The Morgan fingerprint density at radius 3 is 1.63 bits per heavy atom. The molecule has 0 spiro atoms. The second-order valence-electron chi connectivity index (χ2n) is 19.0. The van der Waals surface area contributed by atoms with Gasteiger partial charge in [-0.15, -0.1) is 0 Å². The highest BCUT2D eigenvalue weighted by molar-refractivity contribution is 7.85. The molecule has 11 rings (SSSR count). The van der Waals surface area contributed by atoms with Gasteiger partial charge >= 0.3 is 0 Å². The minimum Gasteiger partial charge on any atom is -0.282 e. The summed E-state index contributed by atoms with van der Waals surface area (Å²) in [6.07, 6.45) is 11.8. The molecule has 0 saturated heterocycles. The van der Waals surface area contributed by atoms with Crippen molar-refractivity contribution in [3.63, 3.8) is 0 Å². The van der Waals surface area contributed by atoms with E-state index in [2.05, 4.69) is 216 Å². The number of nitrogens with zero attached hydrogens (tertiary/aromatic N) is 2. The van der Waals surface area contributed by atoms with E-state index in [1.807, 2.05) is 6.92 Å². The van der Waals surface area contributed by atoms with Gasteiger partial charge in [-0.3, -0.25) is 13.5 Å². The van der Waals surface area contributed by atoms with E-state index < -0.39 is 10.1 Å². The van der Waals surface area contributed by atoms with E-state index in [-0.39, 0.29) is 10.8 Å². The van der Waals surface area contributed by atoms with Crippen LogP contribution in [0.2, 0.25) is 0 Å². The van der Waals surface area contributed by atoms with Crippen molar-refractivity contribution in [1.29, 1.82) is 0 Å². The summed E-state index contributed by atoms with van der Waals surface area (Å²) in [5.74, 6) is 0.173.